The molecule has 11 N–H and O–H groups in total. The summed E-state index contributed by atoms with van der Waals surface area (Å²) in [6.07, 6.45) is 11.9. The highest BCUT2D eigenvalue weighted by molar-refractivity contribution is 6.31. The number of amides is 7. The fourth-order valence-corrected chi connectivity index (χ4v) is 9.80. The fourth-order valence-electron chi connectivity index (χ4n) is 9.68. The number of nitrogens with one attached hydrogen (secondary N) is 5. The lowest BCUT2D eigenvalue weighted by Gasteiger charge is -2.23. The number of nitrogens with two attached hydrogens (primary N) is 3. The van der Waals surface area contributed by atoms with Crippen LogP contribution in [0.1, 0.15) is 213 Å². The number of hydrogen-bond donors (Lipinski definition) is 8. The van der Waals surface area contributed by atoms with Crippen molar-refractivity contribution in [3.8, 4) is 0 Å². The molecule has 0 spiro atoms. The summed E-state index contributed by atoms with van der Waals surface area (Å²) in [7, 11) is 0. The third kappa shape index (κ3) is 36.1. The molecule has 1 heterocycles. The Balaban J connectivity index is 1.55. The number of aliphatic imine (C=N–C) groups is 3. The van der Waals surface area contributed by atoms with E-state index in [4.69, 9.17) is 43.0 Å². The van der Waals surface area contributed by atoms with Gasteiger partial charge >= 0.3 is 18.3 Å². The second-order valence-electron chi connectivity index (χ2n) is 27.1. The van der Waals surface area contributed by atoms with Crippen LogP contribution < -0.4 is 43.8 Å². The number of nitrogen functional groups attached to an aromatic ring is 2. The predicted molar refractivity (Wildman–Crippen MR) is 374 cm³/mol. The minimum atomic E-state index is -0.957. The summed E-state index contributed by atoms with van der Waals surface area (Å²) in [6.45, 7) is 27.4. The van der Waals surface area contributed by atoms with Crippen molar-refractivity contribution in [2.24, 2.45) is 32.5 Å². The number of anilines is 3. The Bertz CT molecular complexity index is 2910. The van der Waals surface area contributed by atoms with Crippen LogP contribution in [0.2, 0.25) is 5.15 Å². The molecule has 25 heteroatoms. The topological polar surface area (TPSA) is 351 Å². The number of hydrogen-bond acceptors (Lipinski definition) is 16. The largest absolute Gasteiger partial charge is 0.444 e. The molecule has 0 aliphatic carbocycles. The third-order valence-corrected chi connectivity index (χ3v) is 14.9. The van der Waals surface area contributed by atoms with E-state index in [1.807, 2.05) is 118 Å². The number of ether oxygens (including phenoxy) is 3. The molecule has 1 aromatic heterocycles. The first kappa shape index (κ1) is 80.5. The number of aryl methyl sites for hydroxylation is 2. The first-order valence-corrected chi connectivity index (χ1v) is 33.5. The van der Waals surface area contributed by atoms with Gasteiger partial charge in [0.15, 0.2) is 28.4 Å². The van der Waals surface area contributed by atoms with E-state index >= 15 is 0 Å². The molecular formula is C69H109ClN14O10. The van der Waals surface area contributed by atoms with E-state index < -0.39 is 52.9 Å². The minimum Gasteiger partial charge on any atom is -0.444 e. The van der Waals surface area contributed by atoms with Crippen LogP contribution in [0.3, 0.4) is 0 Å². The van der Waals surface area contributed by atoms with Crippen molar-refractivity contribution in [1.29, 1.82) is 0 Å². The number of carbonyl (C=O) groups excluding carboxylic acids is 7. The van der Waals surface area contributed by atoms with E-state index in [9.17, 15) is 33.6 Å². The van der Waals surface area contributed by atoms with E-state index in [0.717, 1.165) is 138 Å². The number of aromatic nitrogens is 2. The van der Waals surface area contributed by atoms with Crippen molar-refractivity contribution in [3.05, 3.63) is 76.1 Å². The molecule has 3 atom stereocenters. The maximum Gasteiger partial charge on any atom is 0.434 e. The van der Waals surface area contributed by atoms with Crippen LogP contribution in [-0.2, 0) is 47.9 Å². The Morgan fingerprint density at radius 3 is 1.54 bits per heavy atom. The molecule has 94 heavy (non-hydrogen) atoms. The summed E-state index contributed by atoms with van der Waals surface area (Å²) >= 11 is 5.89. The molecule has 0 saturated heterocycles. The zero-order valence-electron chi connectivity index (χ0n) is 58.2. The van der Waals surface area contributed by atoms with Crippen LogP contribution >= 0.6 is 11.6 Å². The number of benzene rings is 2. The molecule has 0 unspecified atom stereocenters. The van der Waals surface area contributed by atoms with Gasteiger partial charge in [0.2, 0.25) is 17.7 Å². The van der Waals surface area contributed by atoms with Gasteiger partial charge in [-0.15, -0.1) is 0 Å². The molecule has 3 rings (SSSR count). The molecule has 0 bridgehead atoms. The Hall–Kier alpha value is -7.73. The van der Waals surface area contributed by atoms with Gasteiger partial charge in [0, 0.05) is 55.0 Å². The number of unbranched alkanes of at least 4 members (excludes halogenated alkanes) is 5. The van der Waals surface area contributed by atoms with Crippen molar-refractivity contribution in [2.75, 3.05) is 56.1 Å². The highest BCUT2D eigenvalue weighted by Gasteiger charge is 2.26. The average molecular weight is 1330 g/mol. The Morgan fingerprint density at radius 1 is 0.574 bits per heavy atom. The monoisotopic (exact) mass is 1330 g/mol. The number of halogens is 1. The van der Waals surface area contributed by atoms with Crippen molar-refractivity contribution >= 4 is 88.2 Å². The maximum absolute atomic E-state index is 13.9. The summed E-state index contributed by atoms with van der Waals surface area (Å²) < 4.78 is 16.1. The van der Waals surface area contributed by atoms with E-state index in [1.54, 1.807) is 20.8 Å². The maximum atomic E-state index is 13.9. The zero-order valence-corrected chi connectivity index (χ0v) is 59.0. The van der Waals surface area contributed by atoms with Crippen molar-refractivity contribution in [1.82, 2.24) is 36.1 Å². The van der Waals surface area contributed by atoms with Gasteiger partial charge in [-0.05, 0) is 208 Å². The number of alkyl carbamates (subject to hydrolysis) is 1. The molecule has 522 valence electrons. The van der Waals surface area contributed by atoms with Gasteiger partial charge in [-0.3, -0.25) is 29.5 Å². The lowest BCUT2D eigenvalue weighted by molar-refractivity contribution is -0.125. The highest BCUT2D eigenvalue weighted by Crippen LogP contribution is 2.20. The number of carbonyl (C=O) groups is 7. The summed E-state index contributed by atoms with van der Waals surface area (Å²) in [4.78, 5) is 112. The quantitative estimate of drug-likeness (QED) is 0.0115. The van der Waals surface area contributed by atoms with Gasteiger partial charge in [-0.1, -0.05) is 87.5 Å². The molecule has 0 saturated carbocycles. The molecule has 3 aromatic rings. The summed E-state index contributed by atoms with van der Waals surface area (Å²) in [5, 5.41) is 14.3. The SMILES string of the molecule is CC(CCCCC[C@H](C)C(=O)NCCCN(CCCNC(=O)[C@@H](C)CCCCCC(C)=NC(=O)OC(C)(C)C)CCCc1ccc(NC(=O)[C@H](Cc2ccc(CCCCN=C(N)NC(=O)c3nc(Cl)c(N)nc3N)cc2)NC(=O)OC(C)(C)C)cc1)=NC(=O)OC(C)(C)C. The summed E-state index contributed by atoms with van der Waals surface area (Å²) in [5.41, 5.74) is 20.1. The molecular weight excluding hydrogens is 1220 g/mol. The van der Waals surface area contributed by atoms with Gasteiger partial charge < -0.3 is 57.6 Å². The average Bonchev–Trinajstić information content (AvgIpc) is 1.10. The van der Waals surface area contributed by atoms with E-state index in [-0.39, 0.29) is 58.5 Å². The Labute approximate surface area is 562 Å². The van der Waals surface area contributed by atoms with Crippen molar-refractivity contribution < 1.29 is 47.8 Å². The number of nitrogens with zero attached hydrogens (tertiary/aromatic N) is 6. The second kappa shape index (κ2) is 41.2. The third-order valence-electron chi connectivity index (χ3n) is 14.6. The van der Waals surface area contributed by atoms with E-state index in [2.05, 4.69) is 56.4 Å². The molecule has 2 aromatic carbocycles. The van der Waals surface area contributed by atoms with Gasteiger partial charge in [-0.2, -0.15) is 9.98 Å². The molecule has 24 nitrogen and oxygen atoms in total. The van der Waals surface area contributed by atoms with Crippen molar-refractivity contribution in [3.63, 3.8) is 0 Å². The van der Waals surface area contributed by atoms with Crippen LogP contribution in [0.4, 0.5) is 31.7 Å². The minimum absolute atomic E-state index is 0.0307. The zero-order chi connectivity index (χ0) is 70.0. The molecule has 0 aliphatic heterocycles. The van der Waals surface area contributed by atoms with Crippen LogP contribution in [-0.4, -0.2) is 136 Å². The molecule has 7 amide bonds. The second-order valence-corrected chi connectivity index (χ2v) is 27.5. The lowest BCUT2D eigenvalue weighted by atomic mass is 10.0. The fraction of sp³-hybridized carbons (Fsp3) is 0.623. The summed E-state index contributed by atoms with van der Waals surface area (Å²) in [5.74, 6) is -1.73. The standard InChI is InChI=1S/C69H109ClN14O10/c1-46(25-16-14-18-27-48(3)77-64(89)92-67(5,6)7)59(85)74-40-23-43-84(44-24-41-75-60(86)47(2)26-17-15-19-28-49(4)78-65(90)93-68(8,9)10)42-22-30-51-35-37-53(38-36-51)79-61(87)54(80-66(91)94-69(11,12)13)45-52-33-31-50(32-34-52)29-20-21-39-76-63(73)83-62(88)55-57(71)82-58(72)56(70)81-55/h31-38,46-47,54H,14-30,39-45H2,1-13H3,(H,74,85)(H,75,86)(H,79,87)(H,80,91)(H4,71,72,82)(H3,73,76,83,88)/t46-,47-,54-/m0/s1. The first-order chi connectivity index (χ1) is 44.1. The lowest BCUT2D eigenvalue weighted by Crippen LogP contribution is -2.47. The molecule has 0 aliphatic rings. The van der Waals surface area contributed by atoms with Gasteiger partial charge in [0.05, 0.1) is 0 Å². The van der Waals surface area contributed by atoms with Gasteiger partial charge in [-0.25, -0.2) is 24.4 Å². The van der Waals surface area contributed by atoms with Crippen LogP contribution in [0.5, 0.6) is 0 Å². The first-order valence-electron chi connectivity index (χ1n) is 33.1. The van der Waals surface area contributed by atoms with Gasteiger partial charge in [0.1, 0.15) is 22.8 Å². The summed E-state index contributed by atoms with van der Waals surface area (Å²) in [6, 6.07) is 14.5. The van der Waals surface area contributed by atoms with Gasteiger partial charge in [0.25, 0.3) is 5.91 Å². The molecule has 0 fully saturated rings. The van der Waals surface area contributed by atoms with Crippen LogP contribution in [0.25, 0.3) is 0 Å². The smallest absolute Gasteiger partial charge is 0.434 e. The Morgan fingerprint density at radius 2 is 1.04 bits per heavy atom. The van der Waals surface area contributed by atoms with E-state index in [1.165, 1.54) is 0 Å². The van der Waals surface area contributed by atoms with Crippen molar-refractivity contribution in [2.45, 2.75) is 228 Å². The van der Waals surface area contributed by atoms with Crippen LogP contribution in [0, 0.1) is 11.8 Å². The Kier molecular flexibility index (Phi) is 35.3. The molecule has 0 radical (unpaired) electrons. The van der Waals surface area contributed by atoms with E-state index in [0.29, 0.717) is 44.6 Å². The number of guanidine groups is 1. The highest BCUT2D eigenvalue weighted by atomic mass is 35.5. The number of rotatable bonds is 37. The predicted octanol–water partition coefficient (Wildman–Crippen LogP) is 11.6. The normalized spacial score (nSPS) is 13.3. The van der Waals surface area contributed by atoms with Crippen LogP contribution in [0.15, 0.2) is 63.5 Å².